The van der Waals surface area contributed by atoms with Gasteiger partial charge < -0.3 is 5.11 Å². The Morgan fingerprint density at radius 3 is 2.31 bits per heavy atom. The minimum absolute atomic E-state index is 0.0612. The van der Waals surface area contributed by atoms with Gasteiger partial charge in [-0.05, 0) is 13.3 Å². The maximum absolute atomic E-state index is 13.1. The van der Waals surface area contributed by atoms with E-state index in [1.54, 1.807) is 6.92 Å². The molecule has 1 aromatic rings. The molecule has 0 amide bonds. The maximum Gasteiger partial charge on any atom is 0.166 e. The molecule has 0 atom stereocenters. The maximum atomic E-state index is 13.1. The summed E-state index contributed by atoms with van der Waals surface area (Å²) in [6.45, 7) is 2.93. The van der Waals surface area contributed by atoms with Crippen molar-refractivity contribution in [2.24, 2.45) is 0 Å². The van der Waals surface area contributed by atoms with E-state index in [9.17, 15) is 13.9 Å². The smallest absolute Gasteiger partial charge is 0.166 e. The SMILES string of the molecule is CCc1c(O)c(Cl)c(C)c(F)c1F. The monoisotopic (exact) mass is 206 g/mol. The Hall–Kier alpha value is -0.830. The van der Waals surface area contributed by atoms with Crippen LogP contribution in [-0.2, 0) is 6.42 Å². The lowest BCUT2D eigenvalue weighted by Gasteiger charge is -2.09. The van der Waals surface area contributed by atoms with E-state index in [0.29, 0.717) is 0 Å². The first-order chi connectivity index (χ1) is 6.00. The molecule has 0 spiro atoms. The highest BCUT2D eigenvalue weighted by Crippen LogP contribution is 2.35. The van der Waals surface area contributed by atoms with Crippen LogP contribution in [0.25, 0.3) is 0 Å². The molecule has 4 heteroatoms. The van der Waals surface area contributed by atoms with Gasteiger partial charge in [0.25, 0.3) is 0 Å². The van der Waals surface area contributed by atoms with Gasteiger partial charge in [0.1, 0.15) is 5.75 Å². The number of halogens is 3. The second-order valence-corrected chi connectivity index (χ2v) is 3.13. The molecule has 1 aromatic carbocycles. The van der Waals surface area contributed by atoms with Crippen molar-refractivity contribution in [2.45, 2.75) is 20.3 Å². The number of hydrogen-bond donors (Lipinski definition) is 1. The molecule has 0 radical (unpaired) electrons. The summed E-state index contributed by atoms with van der Waals surface area (Å²) in [7, 11) is 0. The average Bonchev–Trinajstić information content (AvgIpc) is 2.13. The van der Waals surface area contributed by atoms with Gasteiger partial charge in [-0.2, -0.15) is 0 Å². The molecule has 0 bridgehead atoms. The van der Waals surface area contributed by atoms with Gasteiger partial charge in [-0.15, -0.1) is 0 Å². The fourth-order valence-electron chi connectivity index (χ4n) is 1.13. The third kappa shape index (κ3) is 1.48. The van der Waals surface area contributed by atoms with Crippen LogP contribution in [0.4, 0.5) is 8.78 Å². The molecule has 0 unspecified atom stereocenters. The molecule has 0 aliphatic heterocycles. The lowest BCUT2D eigenvalue weighted by molar-refractivity contribution is 0.440. The van der Waals surface area contributed by atoms with E-state index in [1.165, 1.54) is 6.92 Å². The molecule has 0 saturated carbocycles. The first-order valence-corrected chi connectivity index (χ1v) is 4.23. The van der Waals surface area contributed by atoms with Gasteiger partial charge in [0.15, 0.2) is 11.6 Å². The molecule has 72 valence electrons. The van der Waals surface area contributed by atoms with Crippen molar-refractivity contribution in [3.8, 4) is 5.75 Å². The topological polar surface area (TPSA) is 20.2 Å². The largest absolute Gasteiger partial charge is 0.506 e. The summed E-state index contributed by atoms with van der Waals surface area (Å²) in [6.07, 6.45) is 0.203. The molecule has 1 N–H and O–H groups in total. The minimum atomic E-state index is -1.01. The van der Waals surface area contributed by atoms with E-state index in [0.717, 1.165) is 0 Å². The third-order valence-corrected chi connectivity index (χ3v) is 2.43. The predicted molar refractivity (Wildman–Crippen MR) is 47.1 cm³/mol. The molecule has 0 aliphatic rings. The Bertz CT molecular complexity index is 321. The lowest BCUT2D eigenvalue weighted by Crippen LogP contribution is -1.98. The molecular weight excluding hydrogens is 198 g/mol. The minimum Gasteiger partial charge on any atom is -0.506 e. The summed E-state index contributed by atoms with van der Waals surface area (Å²) < 4.78 is 26.2. The molecule has 0 aromatic heterocycles. The fourth-order valence-corrected chi connectivity index (χ4v) is 1.33. The number of rotatable bonds is 1. The Morgan fingerprint density at radius 2 is 1.85 bits per heavy atom. The van der Waals surface area contributed by atoms with Crippen molar-refractivity contribution in [1.29, 1.82) is 0 Å². The van der Waals surface area contributed by atoms with Crippen LogP contribution in [0.3, 0.4) is 0 Å². The summed E-state index contributed by atoms with van der Waals surface area (Å²) in [6, 6.07) is 0. The zero-order valence-corrected chi connectivity index (χ0v) is 8.04. The predicted octanol–water partition coefficient (Wildman–Crippen LogP) is 3.19. The molecule has 1 nitrogen and oxygen atoms in total. The number of phenols is 1. The molecule has 13 heavy (non-hydrogen) atoms. The van der Waals surface area contributed by atoms with E-state index in [1.807, 2.05) is 0 Å². The van der Waals surface area contributed by atoms with Gasteiger partial charge in [-0.25, -0.2) is 8.78 Å². The molecule has 0 saturated heterocycles. The standard InChI is InChI=1S/C9H9ClF2O/c1-3-5-8(12)7(11)4(2)6(10)9(5)13/h13H,3H2,1-2H3. The summed E-state index contributed by atoms with van der Waals surface area (Å²) >= 11 is 5.58. The summed E-state index contributed by atoms with van der Waals surface area (Å²) in [5.74, 6) is -2.36. The first-order valence-electron chi connectivity index (χ1n) is 3.85. The van der Waals surface area contributed by atoms with E-state index in [4.69, 9.17) is 11.6 Å². The second-order valence-electron chi connectivity index (χ2n) is 2.75. The van der Waals surface area contributed by atoms with Crippen molar-refractivity contribution in [3.63, 3.8) is 0 Å². The number of benzene rings is 1. The normalized spacial score (nSPS) is 10.5. The van der Waals surface area contributed by atoms with E-state index in [-0.39, 0.29) is 28.3 Å². The Kier molecular flexibility index (Phi) is 2.76. The van der Waals surface area contributed by atoms with Crippen LogP contribution in [0.1, 0.15) is 18.1 Å². The van der Waals surface area contributed by atoms with Crippen LogP contribution < -0.4 is 0 Å². The molecular formula is C9H9ClF2O. The van der Waals surface area contributed by atoms with Crippen molar-refractivity contribution in [3.05, 3.63) is 27.8 Å². The van der Waals surface area contributed by atoms with Crippen molar-refractivity contribution < 1.29 is 13.9 Å². The summed E-state index contributed by atoms with van der Waals surface area (Å²) in [5, 5.41) is 9.23. The number of phenolic OH excluding ortho intramolecular Hbond substituents is 1. The second kappa shape index (κ2) is 3.50. The number of hydrogen-bond acceptors (Lipinski definition) is 1. The van der Waals surface area contributed by atoms with Gasteiger partial charge in [0.05, 0.1) is 5.02 Å². The van der Waals surface area contributed by atoms with Crippen LogP contribution in [0.2, 0.25) is 5.02 Å². The van der Waals surface area contributed by atoms with Gasteiger partial charge in [-0.1, -0.05) is 18.5 Å². The molecule has 1 rings (SSSR count). The Labute approximate surface area is 80.0 Å². The summed E-state index contributed by atoms with van der Waals surface area (Å²) in [4.78, 5) is 0. The molecule has 0 fully saturated rings. The van der Waals surface area contributed by atoms with E-state index >= 15 is 0 Å². The van der Waals surface area contributed by atoms with Gasteiger partial charge >= 0.3 is 0 Å². The molecule has 0 aliphatic carbocycles. The van der Waals surface area contributed by atoms with Crippen molar-refractivity contribution in [1.82, 2.24) is 0 Å². The molecule has 0 heterocycles. The van der Waals surface area contributed by atoms with Gasteiger partial charge in [0, 0.05) is 11.1 Å². The quantitative estimate of drug-likeness (QED) is 0.700. The van der Waals surface area contributed by atoms with Crippen LogP contribution in [-0.4, -0.2) is 5.11 Å². The van der Waals surface area contributed by atoms with Crippen LogP contribution in [0, 0.1) is 18.6 Å². The first kappa shape index (κ1) is 10.3. The highest BCUT2D eigenvalue weighted by atomic mass is 35.5. The van der Waals surface area contributed by atoms with Crippen molar-refractivity contribution >= 4 is 11.6 Å². The highest BCUT2D eigenvalue weighted by Gasteiger charge is 2.19. The van der Waals surface area contributed by atoms with Crippen LogP contribution in [0.15, 0.2) is 0 Å². The summed E-state index contributed by atoms with van der Waals surface area (Å²) in [5.41, 5.74) is -0.137. The Morgan fingerprint density at radius 1 is 1.31 bits per heavy atom. The van der Waals surface area contributed by atoms with Crippen molar-refractivity contribution in [2.75, 3.05) is 0 Å². The highest BCUT2D eigenvalue weighted by molar-refractivity contribution is 6.32. The van der Waals surface area contributed by atoms with Crippen LogP contribution >= 0.6 is 11.6 Å². The van der Waals surface area contributed by atoms with E-state index in [2.05, 4.69) is 0 Å². The zero-order valence-electron chi connectivity index (χ0n) is 7.29. The third-order valence-electron chi connectivity index (χ3n) is 1.96. The fraction of sp³-hybridized carbons (Fsp3) is 0.333. The average molecular weight is 207 g/mol. The zero-order chi connectivity index (χ0) is 10.2. The van der Waals surface area contributed by atoms with Crippen LogP contribution in [0.5, 0.6) is 5.75 Å². The van der Waals surface area contributed by atoms with Gasteiger partial charge in [-0.3, -0.25) is 0 Å². The lowest BCUT2D eigenvalue weighted by atomic mass is 10.1. The Balaban J connectivity index is 3.56. The number of aromatic hydroxyl groups is 1. The van der Waals surface area contributed by atoms with Gasteiger partial charge in [0.2, 0.25) is 0 Å². The van der Waals surface area contributed by atoms with E-state index < -0.39 is 11.6 Å².